The van der Waals surface area contributed by atoms with Crippen molar-refractivity contribution in [2.24, 2.45) is 10.8 Å². The van der Waals surface area contributed by atoms with Crippen molar-refractivity contribution in [3.05, 3.63) is 29.6 Å². The Balaban J connectivity index is 2.93. The number of ether oxygens (including phenoxy) is 1. The van der Waals surface area contributed by atoms with Crippen LogP contribution in [0.2, 0.25) is 0 Å². The summed E-state index contributed by atoms with van der Waals surface area (Å²) in [6.07, 6.45) is 0. The van der Waals surface area contributed by atoms with E-state index in [0.29, 0.717) is 18.7 Å². The number of nitrogens with one attached hydrogen (secondary N) is 2. The minimum absolute atomic E-state index is 0.0611. The lowest BCUT2D eigenvalue weighted by Crippen LogP contribution is -2.38. The number of methoxy groups -OCH3 is 1. The zero-order valence-corrected chi connectivity index (χ0v) is 10.5. The first kappa shape index (κ1) is 15.3. The molecule has 0 aliphatic carbocycles. The molecular formula is C11H15F3N4O. The summed E-state index contributed by atoms with van der Waals surface area (Å²) in [7, 11) is 1.49. The fourth-order valence-electron chi connectivity index (χ4n) is 1.38. The minimum Gasteiger partial charge on any atom is -0.382 e. The summed E-state index contributed by atoms with van der Waals surface area (Å²) >= 11 is 0. The molecule has 0 heterocycles. The predicted molar refractivity (Wildman–Crippen MR) is 66.0 cm³/mol. The Morgan fingerprint density at radius 1 is 1.37 bits per heavy atom. The fourth-order valence-corrected chi connectivity index (χ4v) is 1.38. The average Bonchev–Trinajstić information content (AvgIpc) is 2.32. The van der Waals surface area contributed by atoms with Crippen molar-refractivity contribution in [2.45, 2.75) is 13.0 Å². The number of halogens is 3. The fraction of sp³-hybridized carbons (Fsp3) is 0.364. The van der Waals surface area contributed by atoms with Crippen LogP contribution in [-0.4, -0.2) is 25.7 Å². The lowest BCUT2D eigenvalue weighted by Gasteiger charge is -2.13. The Morgan fingerprint density at radius 2 is 1.95 bits per heavy atom. The van der Waals surface area contributed by atoms with Crippen LogP contribution in [0.4, 0.5) is 18.9 Å². The van der Waals surface area contributed by atoms with Crippen molar-refractivity contribution in [2.75, 3.05) is 19.0 Å². The molecule has 1 unspecified atom stereocenters. The van der Waals surface area contributed by atoms with Gasteiger partial charge in [-0.3, -0.25) is 5.43 Å². The van der Waals surface area contributed by atoms with Crippen LogP contribution in [0.5, 0.6) is 0 Å². The zero-order chi connectivity index (χ0) is 14.4. The van der Waals surface area contributed by atoms with Gasteiger partial charge < -0.3 is 10.1 Å². The third kappa shape index (κ3) is 4.42. The van der Waals surface area contributed by atoms with E-state index in [2.05, 4.69) is 15.7 Å². The van der Waals surface area contributed by atoms with Gasteiger partial charge >= 0.3 is 0 Å². The summed E-state index contributed by atoms with van der Waals surface area (Å²) in [6, 6.07) is 0.825. The van der Waals surface area contributed by atoms with Crippen LogP contribution in [0.15, 0.2) is 17.1 Å². The van der Waals surface area contributed by atoms with E-state index in [0.717, 1.165) is 0 Å². The molecule has 0 saturated carbocycles. The van der Waals surface area contributed by atoms with E-state index in [4.69, 9.17) is 10.6 Å². The standard InChI is InChI=1S/C11H15F3N4O/c1-6(5-19-2)16-11(18-15)17-10-8(13)3-7(12)4-9(10)14/h3-4,6H,5,15H2,1-2H3,(H2,16,17,18). The number of benzene rings is 1. The maximum Gasteiger partial charge on any atom is 0.210 e. The molecule has 5 nitrogen and oxygen atoms in total. The van der Waals surface area contributed by atoms with Crippen molar-refractivity contribution >= 4 is 11.6 Å². The van der Waals surface area contributed by atoms with Crippen LogP contribution < -0.4 is 16.6 Å². The zero-order valence-electron chi connectivity index (χ0n) is 10.5. The summed E-state index contributed by atoms with van der Waals surface area (Å²) in [6.45, 7) is 2.03. The third-order valence-corrected chi connectivity index (χ3v) is 2.14. The normalized spacial score (nSPS) is 13.3. The number of anilines is 1. The van der Waals surface area contributed by atoms with Gasteiger partial charge in [0, 0.05) is 19.2 Å². The summed E-state index contributed by atoms with van der Waals surface area (Å²) in [5.41, 5.74) is 1.63. The van der Waals surface area contributed by atoms with E-state index in [-0.39, 0.29) is 12.0 Å². The largest absolute Gasteiger partial charge is 0.382 e. The van der Waals surface area contributed by atoms with Crippen molar-refractivity contribution in [3.63, 3.8) is 0 Å². The van der Waals surface area contributed by atoms with Crippen LogP contribution >= 0.6 is 0 Å². The second-order valence-electron chi connectivity index (χ2n) is 3.80. The van der Waals surface area contributed by atoms with Gasteiger partial charge in [-0.05, 0) is 6.92 Å². The van der Waals surface area contributed by atoms with Gasteiger partial charge in [0.05, 0.1) is 12.6 Å². The molecule has 0 aromatic heterocycles. The third-order valence-electron chi connectivity index (χ3n) is 2.14. The highest BCUT2D eigenvalue weighted by molar-refractivity contribution is 5.93. The number of nitrogens with zero attached hydrogens (tertiary/aromatic N) is 1. The van der Waals surface area contributed by atoms with Gasteiger partial charge in [0.2, 0.25) is 5.96 Å². The number of guanidine groups is 1. The van der Waals surface area contributed by atoms with Crippen LogP contribution in [0.1, 0.15) is 6.92 Å². The molecule has 1 aromatic carbocycles. The average molecular weight is 276 g/mol. The van der Waals surface area contributed by atoms with Crippen molar-refractivity contribution in [1.29, 1.82) is 0 Å². The van der Waals surface area contributed by atoms with Gasteiger partial charge in [-0.25, -0.2) is 24.0 Å². The molecule has 1 aromatic rings. The first-order valence-corrected chi connectivity index (χ1v) is 5.42. The smallest absolute Gasteiger partial charge is 0.210 e. The highest BCUT2D eigenvalue weighted by Crippen LogP contribution is 2.19. The Labute approximate surface area is 108 Å². The number of hydrazine groups is 1. The molecule has 8 heteroatoms. The molecule has 106 valence electrons. The Bertz CT molecular complexity index is 444. The minimum atomic E-state index is -1.08. The van der Waals surface area contributed by atoms with Crippen molar-refractivity contribution in [1.82, 2.24) is 5.43 Å². The predicted octanol–water partition coefficient (Wildman–Crippen LogP) is 1.37. The second kappa shape index (κ2) is 6.95. The van der Waals surface area contributed by atoms with E-state index in [1.54, 1.807) is 6.92 Å². The van der Waals surface area contributed by atoms with Crippen molar-refractivity contribution in [3.8, 4) is 0 Å². The SMILES string of the molecule is COCC(C)N=C(NN)Nc1c(F)cc(F)cc1F. The van der Waals surface area contributed by atoms with Gasteiger partial charge in [-0.2, -0.15) is 0 Å². The van der Waals surface area contributed by atoms with Crippen LogP contribution in [0, 0.1) is 17.5 Å². The van der Waals surface area contributed by atoms with Crippen LogP contribution in [0.25, 0.3) is 0 Å². The lowest BCUT2D eigenvalue weighted by molar-refractivity contribution is 0.185. The molecule has 0 bridgehead atoms. The van der Waals surface area contributed by atoms with Gasteiger partial charge in [-0.1, -0.05) is 0 Å². The molecule has 0 saturated heterocycles. The maximum absolute atomic E-state index is 13.4. The molecular weight excluding hydrogens is 261 g/mol. The lowest BCUT2D eigenvalue weighted by atomic mass is 10.3. The highest BCUT2D eigenvalue weighted by atomic mass is 19.1. The van der Waals surface area contributed by atoms with Crippen LogP contribution in [-0.2, 0) is 4.74 Å². The highest BCUT2D eigenvalue weighted by Gasteiger charge is 2.13. The summed E-state index contributed by atoms with van der Waals surface area (Å²) in [5.74, 6) is 1.96. The summed E-state index contributed by atoms with van der Waals surface area (Å²) < 4.78 is 44.4. The van der Waals surface area contributed by atoms with E-state index < -0.39 is 23.1 Å². The van der Waals surface area contributed by atoms with E-state index in [1.165, 1.54) is 7.11 Å². The van der Waals surface area contributed by atoms with Gasteiger partial charge in [0.15, 0.2) is 11.6 Å². The van der Waals surface area contributed by atoms with Gasteiger partial charge in [-0.15, -0.1) is 0 Å². The molecule has 0 spiro atoms. The Morgan fingerprint density at radius 3 is 2.42 bits per heavy atom. The topological polar surface area (TPSA) is 71.7 Å². The maximum atomic E-state index is 13.4. The summed E-state index contributed by atoms with van der Waals surface area (Å²) in [5, 5.41) is 2.32. The van der Waals surface area contributed by atoms with Crippen LogP contribution in [0.3, 0.4) is 0 Å². The molecule has 0 amide bonds. The van der Waals surface area contributed by atoms with Gasteiger partial charge in [0.25, 0.3) is 0 Å². The monoisotopic (exact) mass is 276 g/mol. The Hall–Kier alpha value is -1.80. The quantitative estimate of drug-likeness (QED) is 0.336. The number of nitrogens with two attached hydrogens (primary N) is 1. The Kier molecular flexibility index (Phi) is 5.58. The number of hydrogen-bond acceptors (Lipinski definition) is 3. The number of aliphatic imine (C=N–C) groups is 1. The molecule has 0 aliphatic rings. The van der Waals surface area contributed by atoms with E-state index in [9.17, 15) is 13.2 Å². The van der Waals surface area contributed by atoms with E-state index >= 15 is 0 Å². The first-order valence-electron chi connectivity index (χ1n) is 5.42. The second-order valence-corrected chi connectivity index (χ2v) is 3.80. The first-order chi connectivity index (χ1) is 8.97. The molecule has 0 fully saturated rings. The molecule has 4 N–H and O–H groups in total. The molecule has 1 atom stereocenters. The van der Waals surface area contributed by atoms with Crippen molar-refractivity contribution < 1.29 is 17.9 Å². The van der Waals surface area contributed by atoms with Gasteiger partial charge in [0.1, 0.15) is 11.5 Å². The molecule has 0 aliphatic heterocycles. The number of rotatable bonds is 4. The molecule has 19 heavy (non-hydrogen) atoms. The number of hydrogen-bond donors (Lipinski definition) is 3. The summed E-state index contributed by atoms with van der Waals surface area (Å²) in [4.78, 5) is 4.00. The van der Waals surface area contributed by atoms with E-state index in [1.807, 2.05) is 0 Å². The molecule has 1 rings (SSSR count). The molecule has 0 radical (unpaired) electrons.